The van der Waals surface area contributed by atoms with Crippen molar-refractivity contribution in [3.8, 4) is 0 Å². The Morgan fingerprint density at radius 3 is 2.13 bits per heavy atom. The molecule has 0 N–H and O–H groups in total. The molecule has 2 aromatic carbocycles. The Morgan fingerprint density at radius 1 is 0.833 bits per heavy atom. The largest absolute Gasteiger partial charge is 0.465 e. The number of esters is 2. The second-order valence-electron chi connectivity index (χ2n) is 6.10. The summed E-state index contributed by atoms with van der Waals surface area (Å²) in [6.45, 7) is 0. The zero-order valence-corrected chi connectivity index (χ0v) is 17.1. The van der Waals surface area contributed by atoms with Crippen LogP contribution in [-0.2, 0) is 28.9 Å². The number of hydrogen-bond acceptors (Lipinski definition) is 7. The fourth-order valence-corrected chi connectivity index (χ4v) is 4.43. The van der Waals surface area contributed by atoms with Gasteiger partial charge in [0, 0.05) is 6.20 Å². The highest BCUT2D eigenvalue weighted by Gasteiger charge is 2.31. The molecule has 1 heterocycles. The summed E-state index contributed by atoms with van der Waals surface area (Å²) in [7, 11) is -1.55. The van der Waals surface area contributed by atoms with Crippen molar-refractivity contribution in [2.24, 2.45) is 0 Å². The van der Waals surface area contributed by atoms with Crippen LogP contribution >= 0.6 is 0 Å². The van der Waals surface area contributed by atoms with Gasteiger partial charge in [0.25, 0.3) is 0 Å². The molecule has 3 rings (SSSR count). The molecule has 154 valence electrons. The van der Waals surface area contributed by atoms with Crippen molar-refractivity contribution < 1.29 is 27.5 Å². The number of anilines is 1. The van der Waals surface area contributed by atoms with E-state index in [1.165, 1.54) is 49.6 Å². The first-order valence-corrected chi connectivity index (χ1v) is 10.3. The summed E-state index contributed by atoms with van der Waals surface area (Å²) < 4.78 is 36.3. The monoisotopic (exact) mass is 425 g/mol. The number of sulfone groups is 1. The average Bonchev–Trinajstić information content (AvgIpc) is 3.01. The second kappa shape index (κ2) is 8.79. The Balaban J connectivity index is 2.27. The predicted molar refractivity (Wildman–Crippen MR) is 110 cm³/mol. The Kier molecular flexibility index (Phi) is 6.17. The number of benzene rings is 2. The van der Waals surface area contributed by atoms with Crippen molar-refractivity contribution in [3.05, 3.63) is 90.3 Å². The van der Waals surface area contributed by atoms with Crippen LogP contribution in [0.1, 0.15) is 0 Å². The molecule has 1 aliphatic rings. The summed E-state index contributed by atoms with van der Waals surface area (Å²) in [5.74, 6) is -1.58. The van der Waals surface area contributed by atoms with Crippen LogP contribution in [0.25, 0.3) is 0 Å². The molecule has 0 aromatic heterocycles. The number of carbonyl (C=O) groups is 2. The average molecular weight is 425 g/mol. The van der Waals surface area contributed by atoms with Crippen LogP contribution in [0, 0.1) is 0 Å². The third-order valence-corrected chi connectivity index (χ3v) is 6.17. The molecule has 8 heteroatoms. The number of methoxy groups -OCH3 is 2. The van der Waals surface area contributed by atoms with Crippen LogP contribution < -0.4 is 4.90 Å². The summed E-state index contributed by atoms with van der Waals surface area (Å²) in [6.07, 6.45) is 6.01. The lowest BCUT2D eigenvalue weighted by Crippen LogP contribution is -2.28. The number of hydrogen-bond donors (Lipinski definition) is 0. The first kappa shape index (κ1) is 21.1. The van der Waals surface area contributed by atoms with E-state index in [0.717, 1.165) is 0 Å². The van der Waals surface area contributed by atoms with Crippen molar-refractivity contribution in [1.82, 2.24) is 0 Å². The van der Waals surface area contributed by atoms with Gasteiger partial charge in [-0.1, -0.05) is 36.4 Å². The number of nitrogens with zero attached hydrogens (tertiary/aromatic N) is 1. The molecular formula is C22H19NO6S. The summed E-state index contributed by atoms with van der Waals surface area (Å²) in [5.41, 5.74) is -0.0468. The molecule has 0 unspecified atom stereocenters. The molecule has 0 bridgehead atoms. The minimum Gasteiger partial charge on any atom is -0.465 e. The number of ether oxygens (including phenoxy) is 2. The number of carbonyl (C=O) groups excluding carboxylic acids is 2. The number of allylic oxidation sites excluding steroid dienone is 2. The van der Waals surface area contributed by atoms with Gasteiger partial charge in [0.2, 0.25) is 9.84 Å². The van der Waals surface area contributed by atoms with E-state index in [-0.39, 0.29) is 26.7 Å². The SMILES string of the molecule is COC(=O)C1=C(C(=O)OC)N(c2ccccc2S(=O)(=O)c2ccccc2)C=CC=C1. The summed E-state index contributed by atoms with van der Waals surface area (Å²) in [5, 5.41) is 0. The molecule has 0 spiro atoms. The molecule has 0 aliphatic carbocycles. The third-order valence-electron chi connectivity index (χ3n) is 4.36. The highest BCUT2D eigenvalue weighted by atomic mass is 32.2. The highest BCUT2D eigenvalue weighted by Crippen LogP contribution is 2.34. The summed E-state index contributed by atoms with van der Waals surface area (Å²) in [6, 6.07) is 14.2. The Morgan fingerprint density at radius 2 is 1.47 bits per heavy atom. The maximum atomic E-state index is 13.3. The topological polar surface area (TPSA) is 90.0 Å². The van der Waals surface area contributed by atoms with E-state index in [4.69, 9.17) is 9.47 Å². The Bertz CT molecular complexity index is 1160. The molecular weight excluding hydrogens is 406 g/mol. The van der Waals surface area contributed by atoms with E-state index in [0.29, 0.717) is 0 Å². The van der Waals surface area contributed by atoms with Crippen LogP contribution in [0.5, 0.6) is 0 Å². The maximum Gasteiger partial charge on any atom is 0.355 e. The van der Waals surface area contributed by atoms with Gasteiger partial charge < -0.3 is 14.4 Å². The van der Waals surface area contributed by atoms with E-state index in [9.17, 15) is 18.0 Å². The lowest BCUT2D eigenvalue weighted by Gasteiger charge is -2.25. The van der Waals surface area contributed by atoms with E-state index in [1.807, 2.05) is 0 Å². The quantitative estimate of drug-likeness (QED) is 0.680. The fourth-order valence-electron chi connectivity index (χ4n) is 2.96. The molecule has 0 saturated heterocycles. The molecule has 0 amide bonds. The van der Waals surface area contributed by atoms with Crippen LogP contribution in [0.15, 0.2) is 100 Å². The van der Waals surface area contributed by atoms with E-state index < -0.39 is 21.8 Å². The smallest absolute Gasteiger partial charge is 0.355 e. The number of rotatable bonds is 5. The molecule has 0 fully saturated rings. The van der Waals surface area contributed by atoms with Gasteiger partial charge in [-0.25, -0.2) is 18.0 Å². The Labute approximate surface area is 174 Å². The van der Waals surface area contributed by atoms with Crippen molar-refractivity contribution in [3.63, 3.8) is 0 Å². The van der Waals surface area contributed by atoms with E-state index in [1.54, 1.807) is 48.6 Å². The normalized spacial score (nSPS) is 13.7. The van der Waals surface area contributed by atoms with Gasteiger partial charge in [-0.15, -0.1) is 0 Å². The molecule has 0 saturated carbocycles. The summed E-state index contributed by atoms with van der Waals surface area (Å²) in [4.78, 5) is 26.3. The molecule has 7 nitrogen and oxygen atoms in total. The van der Waals surface area contributed by atoms with Crippen LogP contribution in [-0.4, -0.2) is 34.6 Å². The standard InChI is InChI=1S/C22H19NO6S/c1-28-21(24)17-12-8-9-15-23(20(17)22(25)29-2)18-13-6-7-14-19(18)30(26,27)16-10-4-3-5-11-16/h3-15H,1-2H3. The molecule has 2 aromatic rings. The van der Waals surface area contributed by atoms with Gasteiger partial charge >= 0.3 is 11.9 Å². The molecule has 0 atom stereocenters. The van der Waals surface area contributed by atoms with Crippen LogP contribution in [0.3, 0.4) is 0 Å². The lowest BCUT2D eigenvalue weighted by molar-refractivity contribution is -0.139. The summed E-state index contributed by atoms with van der Waals surface area (Å²) >= 11 is 0. The van der Waals surface area contributed by atoms with Crippen LogP contribution in [0.4, 0.5) is 5.69 Å². The lowest BCUT2D eigenvalue weighted by atomic mass is 10.1. The van der Waals surface area contributed by atoms with Gasteiger partial charge in [0.1, 0.15) is 5.70 Å². The maximum absolute atomic E-state index is 13.3. The first-order chi connectivity index (χ1) is 14.4. The number of para-hydroxylation sites is 1. The van der Waals surface area contributed by atoms with Gasteiger partial charge in [-0.05, 0) is 36.4 Å². The van der Waals surface area contributed by atoms with Crippen LogP contribution in [0.2, 0.25) is 0 Å². The van der Waals surface area contributed by atoms with Crippen molar-refractivity contribution >= 4 is 27.5 Å². The van der Waals surface area contributed by atoms with Crippen molar-refractivity contribution in [2.75, 3.05) is 19.1 Å². The zero-order chi connectivity index (χ0) is 21.7. The van der Waals surface area contributed by atoms with Crippen molar-refractivity contribution in [1.29, 1.82) is 0 Å². The van der Waals surface area contributed by atoms with Gasteiger partial charge in [-0.2, -0.15) is 0 Å². The second-order valence-corrected chi connectivity index (χ2v) is 8.02. The predicted octanol–water partition coefficient (Wildman–Crippen LogP) is 3.01. The third kappa shape index (κ3) is 3.90. The molecule has 1 aliphatic heterocycles. The Hall–Kier alpha value is -3.65. The fraction of sp³-hybridized carbons (Fsp3) is 0.0909. The van der Waals surface area contributed by atoms with Gasteiger partial charge in [0.05, 0.1) is 35.3 Å². The van der Waals surface area contributed by atoms with Gasteiger partial charge in [-0.3, -0.25) is 0 Å². The van der Waals surface area contributed by atoms with Gasteiger partial charge in [0.15, 0.2) is 0 Å². The zero-order valence-electron chi connectivity index (χ0n) is 16.3. The highest BCUT2D eigenvalue weighted by molar-refractivity contribution is 7.91. The van der Waals surface area contributed by atoms with E-state index in [2.05, 4.69) is 0 Å². The van der Waals surface area contributed by atoms with E-state index >= 15 is 0 Å². The molecule has 30 heavy (non-hydrogen) atoms. The minimum absolute atomic E-state index is 0.0339. The van der Waals surface area contributed by atoms with Crippen molar-refractivity contribution in [2.45, 2.75) is 9.79 Å². The minimum atomic E-state index is -3.92. The first-order valence-electron chi connectivity index (χ1n) is 8.86. The molecule has 0 radical (unpaired) electrons.